The van der Waals surface area contributed by atoms with Crippen LogP contribution in [0.3, 0.4) is 0 Å². The molecule has 3 rings (SSSR count). The average molecular weight is 409 g/mol. The number of hydrogen-bond donors (Lipinski definition) is 2. The molecule has 1 aromatic carbocycles. The quantitative estimate of drug-likeness (QED) is 0.749. The van der Waals surface area contributed by atoms with Crippen LogP contribution in [0.25, 0.3) is 0 Å². The first-order valence-electron chi connectivity index (χ1n) is 7.58. The summed E-state index contributed by atoms with van der Waals surface area (Å²) in [5.74, 6) is 0.357. The van der Waals surface area contributed by atoms with Crippen LogP contribution < -0.4 is 10.1 Å². The van der Waals surface area contributed by atoms with Crippen molar-refractivity contribution in [3.05, 3.63) is 39.8 Å². The third-order valence-corrected chi connectivity index (χ3v) is 4.56. The number of aromatic hydroxyl groups is 1. The molecule has 0 fully saturated rings. The molecule has 1 aliphatic heterocycles. The van der Waals surface area contributed by atoms with Crippen molar-refractivity contribution in [3.63, 3.8) is 0 Å². The fourth-order valence-electron chi connectivity index (χ4n) is 2.79. The maximum atomic E-state index is 12.4. The first-order chi connectivity index (χ1) is 12.0. The molecule has 0 amide bonds. The van der Waals surface area contributed by atoms with E-state index in [1.165, 1.54) is 19.5 Å². The Morgan fingerprint density at radius 2 is 2.24 bits per heavy atom. The van der Waals surface area contributed by atoms with E-state index in [1.807, 2.05) is 6.92 Å². The van der Waals surface area contributed by atoms with Gasteiger partial charge in [-0.3, -0.25) is 0 Å². The number of rotatable bonds is 4. The zero-order valence-electron chi connectivity index (χ0n) is 13.9. The molecule has 0 bridgehead atoms. The second-order valence-electron chi connectivity index (χ2n) is 5.36. The molecule has 1 atom stereocenters. The molecular formula is C16H17BrN4O4. The Kier molecular flexibility index (Phi) is 4.67. The van der Waals surface area contributed by atoms with Crippen LogP contribution in [0.2, 0.25) is 0 Å². The number of aromatic nitrogens is 3. The normalized spacial score (nSPS) is 16.2. The van der Waals surface area contributed by atoms with E-state index >= 15 is 0 Å². The van der Waals surface area contributed by atoms with Gasteiger partial charge in [-0.15, -0.1) is 0 Å². The summed E-state index contributed by atoms with van der Waals surface area (Å²) < 4.78 is 12.6. The highest BCUT2D eigenvalue weighted by Gasteiger charge is 2.35. The number of nitrogens with zero attached hydrogens (tertiary/aromatic N) is 3. The lowest BCUT2D eigenvalue weighted by Crippen LogP contribution is -2.29. The molecule has 25 heavy (non-hydrogen) atoms. The highest BCUT2D eigenvalue weighted by molar-refractivity contribution is 9.10. The smallest absolute Gasteiger partial charge is 0.338 e. The van der Waals surface area contributed by atoms with Crippen molar-refractivity contribution in [1.29, 1.82) is 0 Å². The monoisotopic (exact) mass is 408 g/mol. The van der Waals surface area contributed by atoms with Crippen molar-refractivity contribution >= 4 is 27.8 Å². The van der Waals surface area contributed by atoms with Crippen LogP contribution >= 0.6 is 15.9 Å². The standard InChI is InChI=1S/C16H17BrN4O4/c1-4-25-12-5-9(10(17)6-11(12)22)14-13(15(23)24-3)8(2)20-16-18-7-19-21(14)16/h5-7,14,22H,4H2,1-3H3,(H,18,19,20). The van der Waals surface area contributed by atoms with E-state index < -0.39 is 12.0 Å². The lowest BCUT2D eigenvalue weighted by Gasteiger charge is -2.28. The topological polar surface area (TPSA) is 98.5 Å². The van der Waals surface area contributed by atoms with Gasteiger partial charge in [-0.25, -0.2) is 9.48 Å². The average Bonchev–Trinajstić information content (AvgIpc) is 3.03. The Labute approximate surface area is 152 Å². The molecular weight excluding hydrogens is 392 g/mol. The van der Waals surface area contributed by atoms with E-state index in [2.05, 4.69) is 31.3 Å². The van der Waals surface area contributed by atoms with Crippen LogP contribution in [0, 0.1) is 0 Å². The van der Waals surface area contributed by atoms with Gasteiger partial charge in [-0.05, 0) is 31.5 Å². The fraction of sp³-hybridized carbons (Fsp3) is 0.312. The molecule has 0 spiro atoms. The third kappa shape index (κ3) is 2.95. The lowest BCUT2D eigenvalue weighted by molar-refractivity contribution is -0.136. The molecule has 8 nitrogen and oxygen atoms in total. The van der Waals surface area contributed by atoms with E-state index in [1.54, 1.807) is 17.7 Å². The number of allylic oxidation sites excluding steroid dienone is 1. The van der Waals surface area contributed by atoms with Gasteiger partial charge in [0.2, 0.25) is 5.95 Å². The maximum absolute atomic E-state index is 12.4. The number of anilines is 1. The molecule has 0 saturated carbocycles. The molecule has 132 valence electrons. The van der Waals surface area contributed by atoms with E-state index in [4.69, 9.17) is 9.47 Å². The van der Waals surface area contributed by atoms with Gasteiger partial charge in [-0.1, -0.05) is 15.9 Å². The van der Waals surface area contributed by atoms with Gasteiger partial charge in [0.05, 0.1) is 19.3 Å². The van der Waals surface area contributed by atoms with Crippen molar-refractivity contribution in [3.8, 4) is 11.5 Å². The van der Waals surface area contributed by atoms with Crippen LogP contribution in [0.1, 0.15) is 25.5 Å². The number of phenols is 1. The molecule has 9 heteroatoms. The van der Waals surface area contributed by atoms with Crippen LogP contribution in [-0.4, -0.2) is 39.6 Å². The van der Waals surface area contributed by atoms with E-state index in [0.29, 0.717) is 39.6 Å². The minimum absolute atomic E-state index is 0.00513. The van der Waals surface area contributed by atoms with Gasteiger partial charge in [0, 0.05) is 10.2 Å². The number of fused-ring (bicyclic) bond motifs is 1. The number of carbonyl (C=O) groups is 1. The summed E-state index contributed by atoms with van der Waals surface area (Å²) in [5, 5.41) is 17.3. The van der Waals surface area contributed by atoms with Crippen LogP contribution in [0.15, 0.2) is 34.2 Å². The molecule has 0 aliphatic carbocycles. The first-order valence-corrected chi connectivity index (χ1v) is 8.38. The van der Waals surface area contributed by atoms with E-state index in [9.17, 15) is 9.90 Å². The summed E-state index contributed by atoms with van der Waals surface area (Å²) in [4.78, 5) is 16.6. The Balaban J connectivity index is 2.23. The summed E-state index contributed by atoms with van der Waals surface area (Å²) in [6.45, 7) is 3.99. The Hall–Kier alpha value is -2.55. The Morgan fingerprint density at radius 1 is 1.48 bits per heavy atom. The van der Waals surface area contributed by atoms with Gasteiger partial charge < -0.3 is 19.9 Å². The minimum atomic E-state index is -0.583. The highest BCUT2D eigenvalue weighted by atomic mass is 79.9. The number of benzene rings is 1. The second kappa shape index (κ2) is 6.75. The largest absolute Gasteiger partial charge is 0.504 e. The SMILES string of the molecule is CCOc1cc(C2C(C(=O)OC)=C(C)Nc3ncnn32)c(Br)cc1O. The molecule has 0 radical (unpaired) electrons. The molecule has 2 aromatic rings. The molecule has 0 saturated heterocycles. The number of halogens is 1. The number of phenolic OH excluding ortho intramolecular Hbond substituents is 1. The number of methoxy groups -OCH3 is 1. The Bertz CT molecular complexity index is 862. The molecule has 2 N–H and O–H groups in total. The summed E-state index contributed by atoms with van der Waals surface area (Å²) in [5.41, 5.74) is 1.71. The van der Waals surface area contributed by atoms with Gasteiger partial charge in [-0.2, -0.15) is 10.1 Å². The summed E-state index contributed by atoms with van der Waals surface area (Å²) in [7, 11) is 1.33. The van der Waals surface area contributed by atoms with E-state index in [0.717, 1.165) is 0 Å². The zero-order chi connectivity index (χ0) is 18.1. The van der Waals surface area contributed by atoms with Crippen molar-refractivity contribution in [2.75, 3.05) is 19.0 Å². The summed E-state index contributed by atoms with van der Waals surface area (Å²) in [6.07, 6.45) is 1.40. The zero-order valence-corrected chi connectivity index (χ0v) is 15.5. The summed E-state index contributed by atoms with van der Waals surface area (Å²) in [6, 6.07) is 2.63. The molecule has 2 heterocycles. The molecule has 1 aromatic heterocycles. The third-order valence-electron chi connectivity index (χ3n) is 3.87. The summed E-state index contributed by atoms with van der Waals surface area (Å²) >= 11 is 3.45. The lowest BCUT2D eigenvalue weighted by atomic mass is 9.95. The predicted molar refractivity (Wildman–Crippen MR) is 93.5 cm³/mol. The number of carbonyl (C=O) groups excluding carboxylic acids is 1. The fourth-order valence-corrected chi connectivity index (χ4v) is 3.34. The second-order valence-corrected chi connectivity index (χ2v) is 6.21. The van der Waals surface area contributed by atoms with Crippen molar-refractivity contribution in [1.82, 2.24) is 14.8 Å². The van der Waals surface area contributed by atoms with Crippen molar-refractivity contribution in [2.24, 2.45) is 0 Å². The Morgan fingerprint density at radius 3 is 2.92 bits per heavy atom. The van der Waals surface area contributed by atoms with Gasteiger partial charge in [0.15, 0.2) is 11.5 Å². The van der Waals surface area contributed by atoms with Crippen LogP contribution in [0.4, 0.5) is 5.95 Å². The van der Waals surface area contributed by atoms with Gasteiger partial charge >= 0.3 is 5.97 Å². The predicted octanol–water partition coefficient (Wildman–Crippen LogP) is 2.61. The number of ether oxygens (including phenoxy) is 2. The maximum Gasteiger partial charge on any atom is 0.338 e. The number of esters is 1. The van der Waals surface area contributed by atoms with Gasteiger partial charge in [0.25, 0.3) is 0 Å². The first kappa shape index (κ1) is 17.3. The number of hydrogen-bond acceptors (Lipinski definition) is 7. The molecule has 1 unspecified atom stereocenters. The van der Waals surface area contributed by atoms with Crippen molar-refractivity contribution < 1.29 is 19.4 Å². The minimum Gasteiger partial charge on any atom is -0.504 e. The number of nitrogens with one attached hydrogen (secondary N) is 1. The van der Waals surface area contributed by atoms with Gasteiger partial charge in [0.1, 0.15) is 12.4 Å². The van der Waals surface area contributed by atoms with Crippen LogP contribution in [0.5, 0.6) is 11.5 Å². The highest BCUT2D eigenvalue weighted by Crippen LogP contribution is 2.42. The molecule has 1 aliphatic rings. The van der Waals surface area contributed by atoms with E-state index in [-0.39, 0.29) is 5.75 Å². The van der Waals surface area contributed by atoms with Crippen LogP contribution in [-0.2, 0) is 9.53 Å². The van der Waals surface area contributed by atoms with Crippen molar-refractivity contribution in [2.45, 2.75) is 19.9 Å².